The molecule has 9 heteroatoms. The highest BCUT2D eigenvalue weighted by Crippen LogP contribution is 2.72. The van der Waals surface area contributed by atoms with E-state index >= 15 is 0 Å². The highest BCUT2D eigenvalue weighted by atomic mass is 32.2. The number of carbonyl (C=O) groups is 1. The molecule has 1 aromatic rings. The van der Waals surface area contributed by atoms with Crippen LogP contribution in [0.1, 0.15) is 60.4 Å². The molecule has 3 saturated carbocycles. The summed E-state index contributed by atoms with van der Waals surface area (Å²) in [5, 5.41) is 0. The molecule has 0 aromatic heterocycles. The molecule has 28 heavy (non-hydrogen) atoms. The molecule has 3 aliphatic carbocycles. The lowest BCUT2D eigenvalue weighted by atomic mass is 9.89. The van der Waals surface area contributed by atoms with E-state index in [1.165, 1.54) is 6.07 Å². The molecule has 2 N–H and O–H groups in total. The maximum atomic E-state index is 14.5. The van der Waals surface area contributed by atoms with Crippen molar-refractivity contribution in [1.29, 1.82) is 0 Å². The minimum absolute atomic E-state index is 0.0709. The van der Waals surface area contributed by atoms with Crippen molar-refractivity contribution in [2.24, 2.45) is 11.3 Å². The van der Waals surface area contributed by atoms with Crippen LogP contribution in [0.25, 0.3) is 0 Å². The normalized spacial score (nSPS) is 30.1. The van der Waals surface area contributed by atoms with Crippen LogP contribution in [-0.2, 0) is 10.0 Å². The number of hydrogen-bond donors (Lipinski definition) is 1. The minimum Gasteiger partial charge on any atom is -0.492 e. The molecule has 0 heterocycles. The van der Waals surface area contributed by atoms with E-state index in [9.17, 15) is 26.4 Å². The Balaban J connectivity index is 1.58. The molecule has 3 aliphatic rings. The summed E-state index contributed by atoms with van der Waals surface area (Å²) in [5.74, 6) is -5.08. The summed E-state index contributed by atoms with van der Waals surface area (Å²) in [7, 11) is -3.59. The molecule has 4 rings (SSSR count). The first-order valence-electron chi connectivity index (χ1n) is 9.43. The zero-order valence-corrected chi connectivity index (χ0v) is 16.3. The molecule has 154 valence electrons. The first-order chi connectivity index (χ1) is 13.1. The number of carbonyl (C=O) groups excluding carboxylic acids is 1. The van der Waals surface area contributed by atoms with Gasteiger partial charge >= 0.3 is 10.0 Å². The van der Waals surface area contributed by atoms with Gasteiger partial charge in [0.25, 0.3) is 11.8 Å². The van der Waals surface area contributed by atoms with Crippen LogP contribution in [0, 0.1) is 17.2 Å². The maximum absolute atomic E-state index is 14.5. The Kier molecular flexibility index (Phi) is 4.44. The largest absolute Gasteiger partial charge is 0.492 e. The number of ether oxygens (including phenoxy) is 1. The average Bonchev–Trinajstić information content (AvgIpc) is 3.49. The van der Waals surface area contributed by atoms with Crippen molar-refractivity contribution in [1.82, 2.24) is 4.72 Å². The van der Waals surface area contributed by atoms with Gasteiger partial charge in [0.05, 0.1) is 11.0 Å². The number of amides is 1. The fourth-order valence-corrected chi connectivity index (χ4v) is 4.92. The fraction of sp³-hybridized carbons (Fsp3) is 0.632. The first kappa shape index (κ1) is 19.5. The van der Waals surface area contributed by atoms with Gasteiger partial charge in [-0.15, -0.1) is 0 Å². The molecule has 0 spiro atoms. The molecule has 0 saturated heterocycles. The number of rotatable bonds is 6. The Labute approximate surface area is 161 Å². The molecule has 0 aliphatic heterocycles. The van der Waals surface area contributed by atoms with Crippen LogP contribution in [0.15, 0.2) is 12.1 Å². The maximum Gasteiger partial charge on any atom is 0.365 e. The molecule has 5 nitrogen and oxygen atoms in total. The number of alkyl halides is 2. The van der Waals surface area contributed by atoms with Crippen LogP contribution in [-0.4, -0.2) is 33.1 Å². The van der Waals surface area contributed by atoms with E-state index in [0.29, 0.717) is 18.4 Å². The molecular weight excluding hydrogens is 395 g/mol. The van der Waals surface area contributed by atoms with Gasteiger partial charge < -0.3 is 4.74 Å². The summed E-state index contributed by atoms with van der Waals surface area (Å²) in [4.78, 5) is 12.1. The van der Waals surface area contributed by atoms with E-state index in [2.05, 4.69) is 0 Å². The zero-order valence-electron chi connectivity index (χ0n) is 15.5. The standard InChI is InChI=1S/C19H22F3NO4S/c1-28(25,26)23-17(24)13-8-12(11-5-6-11)15(9-14(13)20)27-10-18-7-3-2-4-16(18)19(18,21)22/h8-9,11,16H,2-7,10H2,1H3,(H,23,24,25,26)/p+1. The van der Waals surface area contributed by atoms with Crippen molar-refractivity contribution < 1.29 is 31.1 Å². The van der Waals surface area contributed by atoms with E-state index in [4.69, 9.17) is 4.74 Å². The average molecular weight is 418 g/mol. The molecule has 3 fully saturated rings. The predicted octanol–water partition coefficient (Wildman–Crippen LogP) is 3.75. The number of benzene rings is 1. The lowest BCUT2D eigenvalue weighted by Gasteiger charge is -2.22. The van der Waals surface area contributed by atoms with Crippen molar-refractivity contribution >= 4 is 15.9 Å². The molecular formula is C19H23F3NO4S+. The summed E-state index contributed by atoms with van der Waals surface area (Å²) >= 11 is 0. The summed E-state index contributed by atoms with van der Waals surface area (Å²) in [6.45, 7) is -0.172. The van der Waals surface area contributed by atoms with Crippen molar-refractivity contribution in [3.8, 4) is 5.75 Å². The minimum atomic E-state index is -3.59. The van der Waals surface area contributed by atoms with Gasteiger partial charge in [0.15, 0.2) is 0 Å². The Morgan fingerprint density at radius 2 is 2.04 bits per heavy atom. The van der Waals surface area contributed by atoms with Crippen LogP contribution in [0.5, 0.6) is 5.75 Å². The lowest BCUT2D eigenvalue weighted by molar-refractivity contribution is 0.0368. The quantitative estimate of drug-likeness (QED) is 0.715. The van der Waals surface area contributed by atoms with Gasteiger partial charge in [-0.05, 0) is 43.2 Å². The highest BCUT2D eigenvalue weighted by molar-refractivity contribution is 7.89. The van der Waals surface area contributed by atoms with Gasteiger partial charge in [-0.25, -0.2) is 22.1 Å². The summed E-state index contributed by atoms with van der Waals surface area (Å²) in [5.41, 5.74) is -0.938. The Hall–Kier alpha value is -1.77. The smallest absolute Gasteiger partial charge is 0.365 e. The fourth-order valence-electron chi connectivity index (χ4n) is 4.47. The van der Waals surface area contributed by atoms with E-state index in [-0.39, 0.29) is 23.8 Å². The zero-order chi connectivity index (χ0) is 20.3. The van der Waals surface area contributed by atoms with E-state index in [1.807, 2.05) is 4.72 Å². The Bertz CT molecular complexity index is 929. The van der Waals surface area contributed by atoms with Crippen molar-refractivity contribution in [2.45, 2.75) is 50.4 Å². The number of hydrogen-bond acceptors (Lipinski definition) is 3. The summed E-state index contributed by atoms with van der Waals surface area (Å²) in [6.07, 6.45) is 4.98. The van der Waals surface area contributed by atoms with Crippen LogP contribution in [0.4, 0.5) is 13.2 Å². The monoisotopic (exact) mass is 418 g/mol. The van der Waals surface area contributed by atoms with E-state index in [0.717, 1.165) is 38.0 Å². The molecule has 0 radical (unpaired) electrons. The molecule has 3 atom stereocenters. The Morgan fingerprint density at radius 3 is 2.64 bits per heavy atom. The second-order valence-electron chi connectivity index (χ2n) is 8.24. The van der Waals surface area contributed by atoms with Crippen molar-refractivity contribution in [2.75, 3.05) is 12.9 Å². The van der Waals surface area contributed by atoms with Crippen molar-refractivity contribution in [3.63, 3.8) is 0 Å². The van der Waals surface area contributed by atoms with Gasteiger partial charge in [0.2, 0.25) is 0 Å². The van der Waals surface area contributed by atoms with Crippen molar-refractivity contribution in [3.05, 3.63) is 29.1 Å². The van der Waals surface area contributed by atoms with Gasteiger partial charge in [0.1, 0.15) is 24.4 Å². The van der Waals surface area contributed by atoms with Crippen LogP contribution in [0.2, 0.25) is 0 Å². The number of nitrogens with one attached hydrogen (secondary N) is 1. The van der Waals surface area contributed by atoms with Crippen LogP contribution < -0.4 is 9.46 Å². The Morgan fingerprint density at radius 1 is 1.32 bits per heavy atom. The topological polar surface area (TPSA) is 76.8 Å². The second-order valence-corrected chi connectivity index (χ2v) is 10.1. The third-order valence-electron chi connectivity index (χ3n) is 6.18. The van der Waals surface area contributed by atoms with Gasteiger partial charge in [0, 0.05) is 12.0 Å². The number of halogens is 3. The summed E-state index contributed by atoms with van der Waals surface area (Å²) in [6, 6.07) is 2.34. The van der Waals surface area contributed by atoms with Gasteiger partial charge in [-0.1, -0.05) is 12.8 Å². The lowest BCUT2D eigenvalue weighted by Crippen LogP contribution is -2.30. The van der Waals surface area contributed by atoms with Crippen LogP contribution >= 0.6 is 0 Å². The van der Waals surface area contributed by atoms with E-state index in [1.54, 1.807) is 0 Å². The second kappa shape index (κ2) is 6.37. The molecule has 1 amide bonds. The SMILES string of the molecule is CS(=O)(=[OH+])NC(=O)c1cc(C2CC2)c(OCC23CCCCC2C3(F)F)cc1F. The molecule has 3 unspecified atom stereocenters. The van der Waals surface area contributed by atoms with Gasteiger partial charge in [-0.3, -0.25) is 4.79 Å². The third-order valence-corrected chi connectivity index (χ3v) is 6.74. The first-order valence-corrected chi connectivity index (χ1v) is 11.4. The highest BCUT2D eigenvalue weighted by Gasteiger charge is 2.80. The van der Waals surface area contributed by atoms with E-state index < -0.39 is 39.0 Å². The number of fused-ring (bicyclic) bond motifs is 1. The third kappa shape index (κ3) is 3.27. The molecule has 1 aromatic carbocycles. The van der Waals surface area contributed by atoms with Crippen LogP contribution in [0.3, 0.4) is 0 Å². The summed E-state index contributed by atoms with van der Waals surface area (Å²) < 4.78 is 71.3. The van der Waals surface area contributed by atoms with Gasteiger partial charge in [-0.2, -0.15) is 4.21 Å². The predicted molar refractivity (Wildman–Crippen MR) is 96.7 cm³/mol. The molecule has 0 bridgehead atoms.